The first-order chi connectivity index (χ1) is 16.9. The zero-order chi connectivity index (χ0) is 24.4. The number of aryl methyl sites for hydroxylation is 1. The van der Waals surface area contributed by atoms with E-state index in [-0.39, 0.29) is 11.5 Å². The topological polar surface area (TPSA) is 61.8 Å². The summed E-state index contributed by atoms with van der Waals surface area (Å²) >= 11 is 0. The molecule has 2 aromatic carbocycles. The highest BCUT2D eigenvalue weighted by atomic mass is 16.5. The zero-order valence-electron chi connectivity index (χ0n) is 20.8. The number of amides is 1. The van der Waals surface area contributed by atoms with Crippen LogP contribution in [0.2, 0.25) is 0 Å². The SMILES string of the molecule is Cc1ncc2c(n1)N(C)CCN(c1cccc(COC3(c4ccccc4)CCN(C)CC3)c1)C2=O. The molecule has 1 aromatic heterocycles. The summed E-state index contributed by atoms with van der Waals surface area (Å²) in [5.41, 5.74) is 3.41. The first kappa shape index (κ1) is 23.5. The van der Waals surface area contributed by atoms with Crippen molar-refractivity contribution in [3.8, 4) is 0 Å². The Labute approximate surface area is 207 Å². The lowest BCUT2D eigenvalue weighted by molar-refractivity contribution is -0.0966. The highest BCUT2D eigenvalue weighted by Gasteiger charge is 2.36. The van der Waals surface area contributed by atoms with Gasteiger partial charge in [-0.15, -0.1) is 0 Å². The van der Waals surface area contributed by atoms with Gasteiger partial charge in [0.1, 0.15) is 17.2 Å². The van der Waals surface area contributed by atoms with Crippen molar-refractivity contribution in [1.82, 2.24) is 14.9 Å². The minimum absolute atomic E-state index is 0.0708. The standard InChI is InChI=1S/C28H33N5O2/c1-21-29-19-25-26(30-21)32(3)16-17-33(27(25)34)24-11-7-8-22(18-24)20-35-28(12-14-31(2)15-13-28)23-9-5-4-6-10-23/h4-11,18-19H,12-17,20H2,1-3H3. The van der Waals surface area contributed by atoms with Crippen molar-refractivity contribution in [2.24, 2.45) is 0 Å². The molecule has 3 heterocycles. The normalized spacial score (nSPS) is 18.3. The number of rotatable bonds is 5. The van der Waals surface area contributed by atoms with Gasteiger partial charge in [0.05, 0.1) is 12.2 Å². The lowest BCUT2D eigenvalue weighted by atomic mass is 9.84. The van der Waals surface area contributed by atoms with E-state index in [1.165, 1.54) is 5.56 Å². The Bertz CT molecular complexity index is 1190. The molecule has 7 nitrogen and oxygen atoms in total. The van der Waals surface area contributed by atoms with Gasteiger partial charge < -0.3 is 19.4 Å². The molecule has 0 saturated carbocycles. The van der Waals surface area contributed by atoms with Crippen LogP contribution in [0.4, 0.5) is 11.5 Å². The van der Waals surface area contributed by atoms with Crippen molar-refractivity contribution in [1.29, 1.82) is 0 Å². The van der Waals surface area contributed by atoms with Gasteiger partial charge in [-0.3, -0.25) is 4.79 Å². The van der Waals surface area contributed by atoms with E-state index in [0.29, 0.717) is 36.9 Å². The molecule has 2 aliphatic rings. The molecule has 0 radical (unpaired) electrons. The Balaban J connectivity index is 1.38. The fourth-order valence-electron chi connectivity index (χ4n) is 5.02. The Morgan fingerprint density at radius 1 is 0.971 bits per heavy atom. The second-order valence-electron chi connectivity index (χ2n) is 9.66. The van der Waals surface area contributed by atoms with E-state index in [9.17, 15) is 4.79 Å². The molecule has 3 aromatic rings. The highest BCUT2D eigenvalue weighted by Crippen LogP contribution is 2.37. The summed E-state index contributed by atoms with van der Waals surface area (Å²) in [5.74, 6) is 1.28. The maximum atomic E-state index is 13.5. The van der Waals surface area contributed by atoms with E-state index in [2.05, 4.69) is 64.4 Å². The summed E-state index contributed by atoms with van der Waals surface area (Å²) in [4.78, 5) is 28.5. The summed E-state index contributed by atoms with van der Waals surface area (Å²) in [6.45, 7) is 5.62. The molecule has 35 heavy (non-hydrogen) atoms. The fourth-order valence-corrected chi connectivity index (χ4v) is 5.02. The largest absolute Gasteiger partial charge is 0.366 e. The molecule has 0 spiro atoms. The number of likely N-dealkylation sites (N-methyl/N-ethyl adjacent to an activating group) is 1. The average Bonchev–Trinajstić information content (AvgIpc) is 3.00. The number of hydrogen-bond acceptors (Lipinski definition) is 6. The van der Waals surface area contributed by atoms with Crippen LogP contribution in [-0.4, -0.2) is 61.0 Å². The molecule has 1 fully saturated rings. The summed E-state index contributed by atoms with van der Waals surface area (Å²) < 4.78 is 6.71. The van der Waals surface area contributed by atoms with Crippen LogP contribution in [0.1, 0.15) is 40.2 Å². The smallest absolute Gasteiger partial charge is 0.263 e. The number of carbonyl (C=O) groups is 1. The summed E-state index contributed by atoms with van der Waals surface area (Å²) in [5, 5.41) is 0. The number of piperidine rings is 1. The van der Waals surface area contributed by atoms with Crippen LogP contribution in [0.5, 0.6) is 0 Å². The van der Waals surface area contributed by atoms with E-state index in [1.807, 2.05) is 35.9 Å². The Morgan fingerprint density at radius 2 is 1.74 bits per heavy atom. The number of likely N-dealkylation sites (tertiary alicyclic amines) is 1. The van der Waals surface area contributed by atoms with Crippen molar-refractivity contribution >= 4 is 17.4 Å². The van der Waals surface area contributed by atoms with Crippen molar-refractivity contribution < 1.29 is 9.53 Å². The first-order valence-electron chi connectivity index (χ1n) is 12.3. The second kappa shape index (κ2) is 9.76. The summed E-state index contributed by atoms with van der Waals surface area (Å²) in [6.07, 6.45) is 3.56. The van der Waals surface area contributed by atoms with E-state index < -0.39 is 0 Å². The van der Waals surface area contributed by atoms with Crippen LogP contribution in [0.15, 0.2) is 60.8 Å². The molecule has 0 unspecified atom stereocenters. The van der Waals surface area contributed by atoms with Gasteiger partial charge >= 0.3 is 0 Å². The average molecular weight is 472 g/mol. The third-order valence-corrected chi connectivity index (χ3v) is 7.22. The third-order valence-electron chi connectivity index (χ3n) is 7.22. The Kier molecular flexibility index (Phi) is 6.54. The van der Waals surface area contributed by atoms with E-state index in [1.54, 1.807) is 6.20 Å². The molecular formula is C28H33N5O2. The third kappa shape index (κ3) is 4.79. The molecular weight excluding hydrogens is 438 g/mol. The molecule has 1 amide bonds. The van der Waals surface area contributed by atoms with Gasteiger partial charge in [0.15, 0.2) is 0 Å². The Hall–Kier alpha value is -3.29. The van der Waals surface area contributed by atoms with Crippen LogP contribution in [0.3, 0.4) is 0 Å². The minimum atomic E-state index is -0.293. The molecule has 0 N–H and O–H groups in total. The number of benzene rings is 2. The predicted octanol–water partition coefficient (Wildman–Crippen LogP) is 4.02. The number of fused-ring (bicyclic) bond motifs is 1. The number of carbonyl (C=O) groups excluding carboxylic acids is 1. The molecule has 0 atom stereocenters. The van der Waals surface area contributed by atoms with Gasteiger partial charge in [-0.25, -0.2) is 9.97 Å². The van der Waals surface area contributed by atoms with Crippen molar-refractivity contribution in [3.05, 3.63) is 83.3 Å². The van der Waals surface area contributed by atoms with Gasteiger partial charge in [0.25, 0.3) is 5.91 Å². The minimum Gasteiger partial charge on any atom is -0.366 e. The lowest BCUT2D eigenvalue weighted by Gasteiger charge is -2.41. The summed E-state index contributed by atoms with van der Waals surface area (Å²) in [7, 11) is 4.13. The van der Waals surface area contributed by atoms with Gasteiger partial charge in [0, 0.05) is 45.1 Å². The van der Waals surface area contributed by atoms with Crippen LogP contribution >= 0.6 is 0 Å². The first-order valence-corrected chi connectivity index (χ1v) is 12.3. The number of nitrogens with zero attached hydrogens (tertiary/aromatic N) is 5. The van der Waals surface area contributed by atoms with Crippen LogP contribution in [0.25, 0.3) is 0 Å². The molecule has 0 aliphatic carbocycles. The monoisotopic (exact) mass is 471 g/mol. The molecule has 1 saturated heterocycles. The number of aromatic nitrogens is 2. The predicted molar refractivity (Wildman–Crippen MR) is 138 cm³/mol. The van der Waals surface area contributed by atoms with Gasteiger partial charge in [-0.1, -0.05) is 42.5 Å². The van der Waals surface area contributed by atoms with Crippen molar-refractivity contribution in [2.45, 2.75) is 32.0 Å². The number of ether oxygens (including phenoxy) is 1. The van der Waals surface area contributed by atoms with Gasteiger partial charge in [-0.05, 0) is 50.1 Å². The van der Waals surface area contributed by atoms with E-state index in [4.69, 9.17) is 4.74 Å². The van der Waals surface area contributed by atoms with Gasteiger partial charge in [0.2, 0.25) is 0 Å². The maximum absolute atomic E-state index is 13.5. The molecule has 2 aliphatic heterocycles. The van der Waals surface area contributed by atoms with Crippen molar-refractivity contribution in [2.75, 3.05) is 50.1 Å². The van der Waals surface area contributed by atoms with E-state index in [0.717, 1.165) is 37.2 Å². The molecule has 182 valence electrons. The molecule has 0 bridgehead atoms. The molecule has 5 rings (SSSR count). The van der Waals surface area contributed by atoms with Crippen molar-refractivity contribution in [3.63, 3.8) is 0 Å². The van der Waals surface area contributed by atoms with Crippen LogP contribution < -0.4 is 9.80 Å². The van der Waals surface area contributed by atoms with E-state index >= 15 is 0 Å². The lowest BCUT2D eigenvalue weighted by Crippen LogP contribution is -2.42. The summed E-state index contributed by atoms with van der Waals surface area (Å²) in [6, 6.07) is 18.7. The van der Waals surface area contributed by atoms with Crippen LogP contribution in [0, 0.1) is 6.92 Å². The second-order valence-corrected chi connectivity index (χ2v) is 9.66. The molecule has 7 heteroatoms. The number of hydrogen-bond donors (Lipinski definition) is 0. The van der Waals surface area contributed by atoms with Gasteiger partial charge in [-0.2, -0.15) is 0 Å². The van der Waals surface area contributed by atoms with Crippen LogP contribution in [-0.2, 0) is 16.9 Å². The quantitative estimate of drug-likeness (QED) is 0.560. The number of anilines is 2. The Morgan fingerprint density at radius 3 is 2.51 bits per heavy atom. The highest BCUT2D eigenvalue weighted by molar-refractivity contribution is 6.09. The zero-order valence-corrected chi connectivity index (χ0v) is 20.8. The fraction of sp³-hybridized carbons (Fsp3) is 0.393. The maximum Gasteiger partial charge on any atom is 0.263 e.